The summed E-state index contributed by atoms with van der Waals surface area (Å²) in [6, 6.07) is 15.5. The summed E-state index contributed by atoms with van der Waals surface area (Å²) in [5, 5.41) is 13.0. The maximum absolute atomic E-state index is 13.1. The van der Waals surface area contributed by atoms with Gasteiger partial charge in [-0.25, -0.2) is 9.36 Å². The van der Waals surface area contributed by atoms with E-state index in [9.17, 15) is 9.59 Å². The number of hydrogen-bond acceptors (Lipinski definition) is 4. The standard InChI is InChI=1S/C22H20ClN5O2/c1-13-19-14(2)27(18-7-5-4-6-8-18)26-20(19)22(30)28(25-13)15(3)21(29)24-17-11-9-16(23)10-12-17/h4-12,15H,1-3H3,(H,24,29)/t15-/m0/s1. The smallest absolute Gasteiger partial charge is 0.295 e. The topological polar surface area (TPSA) is 81.8 Å². The van der Waals surface area contributed by atoms with Crippen LogP contribution in [-0.2, 0) is 4.79 Å². The number of rotatable bonds is 4. The van der Waals surface area contributed by atoms with E-state index in [2.05, 4.69) is 15.5 Å². The van der Waals surface area contributed by atoms with Crippen molar-refractivity contribution in [3.8, 4) is 5.69 Å². The molecule has 1 amide bonds. The molecule has 0 aliphatic rings. The summed E-state index contributed by atoms with van der Waals surface area (Å²) in [6.07, 6.45) is 0. The van der Waals surface area contributed by atoms with Crippen LogP contribution < -0.4 is 10.9 Å². The maximum atomic E-state index is 13.1. The molecule has 30 heavy (non-hydrogen) atoms. The Bertz CT molecular complexity index is 1290. The first-order valence-electron chi connectivity index (χ1n) is 9.47. The molecular formula is C22H20ClN5O2. The highest BCUT2D eigenvalue weighted by molar-refractivity contribution is 6.30. The largest absolute Gasteiger partial charge is 0.324 e. The van der Waals surface area contributed by atoms with Crippen LogP contribution in [0.4, 0.5) is 5.69 Å². The van der Waals surface area contributed by atoms with Gasteiger partial charge in [-0.1, -0.05) is 29.8 Å². The minimum absolute atomic E-state index is 0.287. The van der Waals surface area contributed by atoms with Crippen molar-refractivity contribution in [3.63, 3.8) is 0 Å². The van der Waals surface area contributed by atoms with Crippen LogP contribution in [0, 0.1) is 13.8 Å². The van der Waals surface area contributed by atoms with Gasteiger partial charge < -0.3 is 5.32 Å². The molecule has 0 aliphatic carbocycles. The predicted octanol–water partition coefficient (Wildman–Crippen LogP) is 4.05. The molecule has 0 saturated heterocycles. The van der Waals surface area contributed by atoms with Gasteiger partial charge in [-0.05, 0) is 57.2 Å². The van der Waals surface area contributed by atoms with Crippen LogP contribution in [0.2, 0.25) is 5.02 Å². The van der Waals surface area contributed by atoms with Gasteiger partial charge in [0, 0.05) is 10.7 Å². The second kappa shape index (κ2) is 7.76. The second-order valence-electron chi connectivity index (χ2n) is 7.06. The molecule has 0 spiro atoms. The molecule has 8 heteroatoms. The van der Waals surface area contributed by atoms with Gasteiger partial charge in [0.15, 0.2) is 5.52 Å². The number of aryl methyl sites for hydroxylation is 2. The van der Waals surface area contributed by atoms with Crippen molar-refractivity contribution in [2.75, 3.05) is 5.32 Å². The van der Waals surface area contributed by atoms with E-state index >= 15 is 0 Å². The van der Waals surface area contributed by atoms with Crippen molar-refractivity contribution in [1.29, 1.82) is 0 Å². The highest BCUT2D eigenvalue weighted by Crippen LogP contribution is 2.22. The van der Waals surface area contributed by atoms with Crippen LogP contribution >= 0.6 is 11.6 Å². The van der Waals surface area contributed by atoms with Crippen LogP contribution in [0.1, 0.15) is 24.4 Å². The third-order valence-electron chi connectivity index (χ3n) is 5.01. The van der Waals surface area contributed by atoms with E-state index in [4.69, 9.17) is 11.6 Å². The monoisotopic (exact) mass is 421 g/mol. The molecule has 0 bridgehead atoms. The number of halogens is 1. The third kappa shape index (κ3) is 3.48. The van der Waals surface area contributed by atoms with Gasteiger partial charge in [0.2, 0.25) is 5.91 Å². The van der Waals surface area contributed by atoms with Crippen molar-refractivity contribution in [2.24, 2.45) is 0 Å². The Kier molecular flexibility index (Phi) is 5.13. The van der Waals surface area contributed by atoms with Crippen LogP contribution in [0.3, 0.4) is 0 Å². The lowest BCUT2D eigenvalue weighted by atomic mass is 10.2. The molecule has 2 heterocycles. The summed E-state index contributed by atoms with van der Waals surface area (Å²) in [5.74, 6) is -0.357. The Morgan fingerprint density at radius 2 is 1.70 bits per heavy atom. The molecule has 4 aromatic rings. The molecule has 7 nitrogen and oxygen atoms in total. The minimum Gasteiger partial charge on any atom is -0.324 e. The van der Waals surface area contributed by atoms with Crippen molar-refractivity contribution < 1.29 is 4.79 Å². The van der Waals surface area contributed by atoms with Gasteiger partial charge in [0.05, 0.1) is 22.5 Å². The molecule has 2 aromatic heterocycles. The lowest BCUT2D eigenvalue weighted by molar-refractivity contribution is -0.119. The molecule has 152 valence electrons. The third-order valence-corrected chi connectivity index (χ3v) is 5.26. The van der Waals surface area contributed by atoms with E-state index in [1.165, 1.54) is 4.68 Å². The summed E-state index contributed by atoms with van der Waals surface area (Å²) in [6.45, 7) is 5.34. The van der Waals surface area contributed by atoms with Gasteiger partial charge in [-0.2, -0.15) is 10.2 Å². The molecular weight excluding hydrogens is 402 g/mol. The number of amides is 1. The van der Waals surface area contributed by atoms with Crippen LogP contribution in [0.15, 0.2) is 59.4 Å². The van der Waals surface area contributed by atoms with Crippen molar-refractivity contribution >= 4 is 34.1 Å². The molecule has 1 atom stereocenters. The summed E-state index contributed by atoms with van der Waals surface area (Å²) in [7, 11) is 0. The zero-order chi connectivity index (χ0) is 21.4. The summed E-state index contributed by atoms with van der Waals surface area (Å²) in [4.78, 5) is 25.9. The summed E-state index contributed by atoms with van der Waals surface area (Å²) < 4.78 is 2.91. The molecule has 0 fully saturated rings. The van der Waals surface area contributed by atoms with Crippen molar-refractivity contribution in [2.45, 2.75) is 26.8 Å². The lowest BCUT2D eigenvalue weighted by Gasteiger charge is -2.15. The average Bonchev–Trinajstić information content (AvgIpc) is 3.10. The zero-order valence-corrected chi connectivity index (χ0v) is 17.5. The Labute approximate surface area is 177 Å². The van der Waals surface area contributed by atoms with E-state index in [1.54, 1.807) is 35.9 Å². The number of carbonyl (C=O) groups excluding carboxylic acids is 1. The van der Waals surface area contributed by atoms with Crippen LogP contribution in [-0.4, -0.2) is 25.5 Å². The van der Waals surface area contributed by atoms with Gasteiger partial charge in [0.25, 0.3) is 5.56 Å². The number of nitrogens with zero attached hydrogens (tertiary/aromatic N) is 4. The number of benzene rings is 2. The Morgan fingerprint density at radius 1 is 1.03 bits per heavy atom. The number of nitrogens with one attached hydrogen (secondary N) is 1. The van der Waals surface area contributed by atoms with Crippen LogP contribution in [0.5, 0.6) is 0 Å². The number of para-hydroxylation sites is 1. The zero-order valence-electron chi connectivity index (χ0n) is 16.8. The Balaban J connectivity index is 1.74. The van der Waals surface area contributed by atoms with Gasteiger partial charge in [-0.3, -0.25) is 9.59 Å². The number of aromatic nitrogens is 4. The van der Waals surface area contributed by atoms with E-state index < -0.39 is 11.6 Å². The van der Waals surface area contributed by atoms with Gasteiger partial charge in [-0.15, -0.1) is 0 Å². The van der Waals surface area contributed by atoms with Crippen molar-refractivity contribution in [1.82, 2.24) is 19.6 Å². The number of carbonyl (C=O) groups is 1. The minimum atomic E-state index is -0.821. The Hall–Kier alpha value is -3.45. The van der Waals surface area contributed by atoms with E-state index in [-0.39, 0.29) is 11.4 Å². The molecule has 4 rings (SSSR count). The maximum Gasteiger partial charge on any atom is 0.295 e. The van der Waals surface area contributed by atoms with Crippen LogP contribution in [0.25, 0.3) is 16.6 Å². The normalized spacial score (nSPS) is 12.1. The average molecular weight is 422 g/mol. The summed E-state index contributed by atoms with van der Waals surface area (Å²) >= 11 is 5.88. The first kappa shape index (κ1) is 19.8. The lowest BCUT2D eigenvalue weighted by Crippen LogP contribution is -2.34. The van der Waals surface area contributed by atoms with E-state index in [1.807, 2.05) is 44.2 Å². The molecule has 0 aliphatic heterocycles. The quantitative estimate of drug-likeness (QED) is 0.539. The first-order chi connectivity index (χ1) is 14.4. The molecule has 0 radical (unpaired) electrons. The first-order valence-corrected chi connectivity index (χ1v) is 9.85. The Morgan fingerprint density at radius 3 is 2.37 bits per heavy atom. The summed E-state index contributed by atoms with van der Waals surface area (Å²) in [5.41, 5.74) is 2.78. The fraction of sp³-hybridized carbons (Fsp3) is 0.182. The van der Waals surface area contributed by atoms with Gasteiger partial charge in [0.1, 0.15) is 6.04 Å². The highest BCUT2D eigenvalue weighted by Gasteiger charge is 2.23. The fourth-order valence-electron chi connectivity index (χ4n) is 3.42. The second-order valence-corrected chi connectivity index (χ2v) is 7.50. The fourth-order valence-corrected chi connectivity index (χ4v) is 3.55. The van der Waals surface area contributed by atoms with Crippen molar-refractivity contribution in [3.05, 3.63) is 81.4 Å². The highest BCUT2D eigenvalue weighted by atomic mass is 35.5. The van der Waals surface area contributed by atoms with Gasteiger partial charge >= 0.3 is 0 Å². The molecule has 0 unspecified atom stereocenters. The SMILES string of the molecule is Cc1nn([C@@H](C)C(=O)Nc2ccc(Cl)cc2)c(=O)c2nn(-c3ccccc3)c(C)c12. The molecule has 1 N–H and O–H groups in total. The number of hydrogen-bond donors (Lipinski definition) is 1. The van der Waals surface area contributed by atoms with E-state index in [0.29, 0.717) is 21.8 Å². The predicted molar refractivity (Wildman–Crippen MR) is 117 cm³/mol. The number of fused-ring (bicyclic) bond motifs is 1. The number of anilines is 1. The molecule has 0 saturated carbocycles. The molecule has 2 aromatic carbocycles. The van der Waals surface area contributed by atoms with E-state index in [0.717, 1.165) is 11.4 Å².